The number of alkyl halides is 2. The van der Waals surface area contributed by atoms with Crippen LogP contribution < -0.4 is 5.32 Å². The molecule has 0 bridgehead atoms. The monoisotopic (exact) mass is 375 g/mol. The van der Waals surface area contributed by atoms with E-state index in [1.54, 1.807) is 24.3 Å². The van der Waals surface area contributed by atoms with Gasteiger partial charge in [0, 0.05) is 24.1 Å². The number of anilines is 1. The van der Waals surface area contributed by atoms with Gasteiger partial charge in [0.2, 0.25) is 5.95 Å². The molecule has 0 fully saturated rings. The largest absolute Gasteiger partial charge is 0.481 e. The van der Waals surface area contributed by atoms with Crippen molar-refractivity contribution >= 4 is 11.9 Å². The van der Waals surface area contributed by atoms with Crippen LogP contribution in [-0.4, -0.2) is 27.6 Å². The Balaban J connectivity index is 1.96. The van der Waals surface area contributed by atoms with Crippen LogP contribution in [0.3, 0.4) is 0 Å². The van der Waals surface area contributed by atoms with Gasteiger partial charge in [-0.1, -0.05) is 38.1 Å². The summed E-state index contributed by atoms with van der Waals surface area (Å²) in [6, 6.07) is 6.85. The van der Waals surface area contributed by atoms with E-state index in [0.717, 1.165) is 6.42 Å². The summed E-state index contributed by atoms with van der Waals surface area (Å²) in [6.07, 6.45) is 0.760. The maximum Gasteiger partial charge on any atom is 0.307 e. The summed E-state index contributed by atoms with van der Waals surface area (Å²) in [5.41, 5.74) is 2.10. The number of hydrogen-bond donors (Lipinski definition) is 2. The Bertz CT molecular complexity index is 836. The second kappa shape index (κ2) is 7.58. The summed E-state index contributed by atoms with van der Waals surface area (Å²) in [5.74, 6) is -3.18. The zero-order valence-corrected chi connectivity index (χ0v) is 15.4. The third kappa shape index (κ3) is 4.40. The molecule has 144 valence electrons. The van der Waals surface area contributed by atoms with E-state index in [0.29, 0.717) is 34.8 Å². The highest BCUT2D eigenvalue weighted by Crippen LogP contribution is 2.44. The normalized spacial score (nSPS) is 15.0. The van der Waals surface area contributed by atoms with Crippen molar-refractivity contribution in [3.63, 3.8) is 0 Å². The lowest BCUT2D eigenvalue weighted by Gasteiger charge is -2.15. The number of aromatic nitrogens is 2. The highest BCUT2D eigenvalue weighted by atomic mass is 19.3. The van der Waals surface area contributed by atoms with Crippen LogP contribution in [0.15, 0.2) is 24.3 Å². The number of carboxylic acid groups (broad SMARTS) is 1. The van der Waals surface area contributed by atoms with Gasteiger partial charge in [-0.25, -0.2) is 9.97 Å². The topological polar surface area (TPSA) is 75.1 Å². The molecule has 0 spiro atoms. The molecule has 1 aliphatic rings. The van der Waals surface area contributed by atoms with E-state index in [-0.39, 0.29) is 30.9 Å². The maximum absolute atomic E-state index is 14.3. The van der Waals surface area contributed by atoms with E-state index in [1.807, 2.05) is 0 Å². The molecule has 0 saturated carbocycles. The van der Waals surface area contributed by atoms with Gasteiger partial charge in [0.05, 0.1) is 12.1 Å². The smallest absolute Gasteiger partial charge is 0.307 e. The number of rotatable bonds is 7. The molecule has 0 unspecified atom stereocenters. The molecule has 0 radical (unpaired) electrons. The average Bonchev–Trinajstić information content (AvgIpc) is 2.89. The summed E-state index contributed by atoms with van der Waals surface area (Å²) in [5, 5.41) is 11.9. The number of fused-ring (bicyclic) bond motifs is 1. The van der Waals surface area contributed by atoms with Gasteiger partial charge in [0.15, 0.2) is 0 Å². The molecule has 1 heterocycles. The Morgan fingerprint density at radius 3 is 2.59 bits per heavy atom. The fraction of sp³-hybridized carbons (Fsp3) is 0.450. The number of nitrogens with one attached hydrogen (secondary N) is 1. The lowest BCUT2D eigenvalue weighted by molar-refractivity contribution is -0.136. The predicted octanol–water partition coefficient (Wildman–Crippen LogP) is 4.27. The molecule has 27 heavy (non-hydrogen) atoms. The number of halogens is 2. The summed E-state index contributed by atoms with van der Waals surface area (Å²) in [7, 11) is 0. The van der Waals surface area contributed by atoms with Crippen LogP contribution in [-0.2, 0) is 23.6 Å². The van der Waals surface area contributed by atoms with Crippen molar-refractivity contribution in [1.82, 2.24) is 9.97 Å². The van der Waals surface area contributed by atoms with Crippen LogP contribution in [0.5, 0.6) is 0 Å². The summed E-state index contributed by atoms with van der Waals surface area (Å²) >= 11 is 0. The van der Waals surface area contributed by atoms with Crippen molar-refractivity contribution in [2.24, 2.45) is 5.92 Å². The number of nitrogens with zero attached hydrogens (tertiary/aromatic N) is 2. The first-order chi connectivity index (χ1) is 12.8. The van der Waals surface area contributed by atoms with Crippen LogP contribution in [0.1, 0.15) is 43.5 Å². The Morgan fingerprint density at radius 2 is 1.96 bits per heavy atom. The molecule has 1 aromatic carbocycles. The van der Waals surface area contributed by atoms with E-state index in [2.05, 4.69) is 29.1 Å². The Labute approximate surface area is 156 Å². The quantitative estimate of drug-likeness (QED) is 0.756. The van der Waals surface area contributed by atoms with Crippen molar-refractivity contribution in [3.05, 3.63) is 41.1 Å². The van der Waals surface area contributed by atoms with Crippen molar-refractivity contribution in [3.8, 4) is 11.3 Å². The van der Waals surface area contributed by atoms with Crippen molar-refractivity contribution in [1.29, 1.82) is 0 Å². The minimum atomic E-state index is -2.95. The number of aliphatic carboxylic acids is 1. The second-order valence-corrected chi connectivity index (χ2v) is 7.30. The number of carboxylic acids is 1. The Morgan fingerprint density at radius 1 is 1.26 bits per heavy atom. The third-order valence-electron chi connectivity index (χ3n) is 4.63. The van der Waals surface area contributed by atoms with Gasteiger partial charge in [0.25, 0.3) is 5.92 Å². The first-order valence-electron chi connectivity index (χ1n) is 9.10. The zero-order chi connectivity index (χ0) is 19.6. The molecule has 5 nitrogen and oxygen atoms in total. The average molecular weight is 375 g/mol. The van der Waals surface area contributed by atoms with E-state index < -0.39 is 11.9 Å². The standard InChI is InChI=1S/C20H23F2N3O2/c1-12(2)8-10-23-19-24-17(15-7-9-20(21,22)18(15)25-19)14-5-3-13(4-6-14)11-16(26)27/h3-6,12H,7-11H2,1-2H3,(H,26,27)(H,23,24,25). The lowest BCUT2D eigenvalue weighted by Crippen LogP contribution is -2.15. The molecular weight excluding hydrogens is 352 g/mol. The van der Waals surface area contributed by atoms with Crippen molar-refractivity contribution < 1.29 is 18.7 Å². The molecule has 7 heteroatoms. The van der Waals surface area contributed by atoms with Gasteiger partial charge in [-0.2, -0.15) is 8.78 Å². The van der Waals surface area contributed by atoms with E-state index in [1.165, 1.54) is 0 Å². The van der Waals surface area contributed by atoms with Crippen LogP contribution in [0, 0.1) is 5.92 Å². The molecule has 0 amide bonds. The molecule has 2 aromatic rings. The third-order valence-corrected chi connectivity index (χ3v) is 4.63. The van der Waals surface area contributed by atoms with Gasteiger partial charge in [0.1, 0.15) is 5.69 Å². The van der Waals surface area contributed by atoms with Crippen molar-refractivity contribution in [2.75, 3.05) is 11.9 Å². The number of carbonyl (C=O) groups is 1. The fourth-order valence-electron chi connectivity index (χ4n) is 3.17. The molecule has 3 rings (SSSR count). The minimum absolute atomic E-state index is 0.0811. The maximum atomic E-state index is 14.3. The van der Waals surface area contributed by atoms with Gasteiger partial charge < -0.3 is 10.4 Å². The van der Waals surface area contributed by atoms with E-state index in [4.69, 9.17) is 5.11 Å². The van der Waals surface area contributed by atoms with Gasteiger partial charge in [-0.15, -0.1) is 0 Å². The van der Waals surface area contributed by atoms with E-state index >= 15 is 0 Å². The van der Waals surface area contributed by atoms with E-state index in [9.17, 15) is 13.6 Å². The van der Waals surface area contributed by atoms with Crippen LogP contribution in [0.25, 0.3) is 11.3 Å². The molecule has 0 aliphatic heterocycles. The van der Waals surface area contributed by atoms with Crippen LogP contribution >= 0.6 is 0 Å². The van der Waals surface area contributed by atoms with Crippen molar-refractivity contribution in [2.45, 2.75) is 45.5 Å². The fourth-order valence-corrected chi connectivity index (χ4v) is 3.17. The molecule has 0 atom stereocenters. The first-order valence-corrected chi connectivity index (χ1v) is 9.10. The molecule has 0 saturated heterocycles. The zero-order valence-electron chi connectivity index (χ0n) is 15.4. The van der Waals surface area contributed by atoms with Gasteiger partial charge in [-0.3, -0.25) is 4.79 Å². The Hall–Kier alpha value is -2.57. The Kier molecular flexibility index (Phi) is 5.39. The molecule has 1 aromatic heterocycles. The van der Waals surface area contributed by atoms with Gasteiger partial charge in [-0.05, 0) is 24.3 Å². The first kappa shape index (κ1) is 19.2. The van der Waals surface area contributed by atoms with Crippen LogP contribution in [0.2, 0.25) is 0 Å². The highest BCUT2D eigenvalue weighted by Gasteiger charge is 2.43. The summed E-state index contributed by atoms with van der Waals surface area (Å²) in [6.45, 7) is 4.78. The number of benzene rings is 1. The predicted molar refractivity (Wildman–Crippen MR) is 99.0 cm³/mol. The summed E-state index contributed by atoms with van der Waals surface area (Å²) in [4.78, 5) is 19.4. The lowest BCUT2D eigenvalue weighted by atomic mass is 10.0. The minimum Gasteiger partial charge on any atom is -0.481 e. The van der Waals surface area contributed by atoms with Crippen LogP contribution in [0.4, 0.5) is 14.7 Å². The van der Waals surface area contributed by atoms with Gasteiger partial charge >= 0.3 is 5.97 Å². The molecule has 1 aliphatic carbocycles. The second-order valence-electron chi connectivity index (χ2n) is 7.30. The SMILES string of the molecule is CC(C)CCNc1nc(-c2ccc(CC(=O)O)cc2)c2c(n1)C(F)(F)CC2. The number of hydrogen-bond acceptors (Lipinski definition) is 4. The molecular formula is C20H23F2N3O2. The highest BCUT2D eigenvalue weighted by molar-refractivity contribution is 5.71. The summed E-state index contributed by atoms with van der Waals surface area (Å²) < 4.78 is 28.6. The molecule has 2 N–H and O–H groups in total.